The first-order valence-corrected chi connectivity index (χ1v) is 10.4. The molecular weight excluding hydrogens is 528 g/mol. The highest BCUT2D eigenvalue weighted by atomic mass is 79.9. The van der Waals surface area contributed by atoms with Gasteiger partial charge < -0.3 is 20.4 Å². The monoisotopic (exact) mass is 538 g/mol. The largest absolute Gasteiger partial charge is 0.507 e. The molecule has 0 saturated heterocycles. The van der Waals surface area contributed by atoms with Gasteiger partial charge in [-0.3, -0.25) is 9.59 Å². The average molecular weight is 540 g/mol. The number of phenolic OH excluding ortho intramolecular Hbond substituents is 1. The maximum absolute atomic E-state index is 12.6. The first-order valence-electron chi connectivity index (χ1n) is 7.95. The smallest absolute Gasteiger partial charge is 0.270 e. The predicted molar refractivity (Wildman–Crippen MR) is 117 cm³/mol. The summed E-state index contributed by atoms with van der Waals surface area (Å²) in [5, 5.41) is 25.5. The van der Waals surface area contributed by atoms with Crippen LogP contribution in [0.5, 0.6) is 17.2 Å². The SMILES string of the molecule is O=C(/C=N/O)Nc1cc(Br)c(Oc2ccc(O)c(C(=O)c3cccs3)c2)c(Br)c1. The number of rotatable bonds is 6. The number of phenols is 1. The van der Waals surface area contributed by atoms with Crippen LogP contribution in [0.2, 0.25) is 0 Å². The van der Waals surface area contributed by atoms with Crippen LogP contribution in [0.15, 0.2) is 61.9 Å². The van der Waals surface area contributed by atoms with Gasteiger partial charge >= 0.3 is 0 Å². The van der Waals surface area contributed by atoms with Crippen LogP contribution in [-0.2, 0) is 4.79 Å². The molecule has 0 fully saturated rings. The van der Waals surface area contributed by atoms with Crippen LogP contribution in [0.1, 0.15) is 15.2 Å². The molecule has 10 heteroatoms. The highest BCUT2D eigenvalue weighted by Gasteiger charge is 2.17. The molecule has 0 bridgehead atoms. The number of hydrogen-bond acceptors (Lipinski definition) is 7. The molecule has 1 amide bonds. The third kappa shape index (κ3) is 5.03. The predicted octanol–water partition coefficient (Wildman–Crippen LogP) is 5.40. The van der Waals surface area contributed by atoms with Gasteiger partial charge in [-0.25, -0.2) is 0 Å². The Labute approximate surface area is 185 Å². The second-order valence-corrected chi connectivity index (χ2v) is 8.25. The van der Waals surface area contributed by atoms with Crippen molar-refractivity contribution in [3.63, 3.8) is 0 Å². The molecule has 0 unspecified atom stereocenters. The van der Waals surface area contributed by atoms with Crippen LogP contribution in [0.3, 0.4) is 0 Å². The lowest BCUT2D eigenvalue weighted by molar-refractivity contribution is -0.110. The fraction of sp³-hybridized carbons (Fsp3) is 0. The summed E-state index contributed by atoms with van der Waals surface area (Å²) < 4.78 is 6.91. The average Bonchev–Trinajstić information content (AvgIpc) is 3.20. The highest BCUT2D eigenvalue weighted by molar-refractivity contribution is 9.11. The van der Waals surface area contributed by atoms with Crippen molar-refractivity contribution >= 4 is 66.8 Å². The molecule has 3 N–H and O–H groups in total. The van der Waals surface area contributed by atoms with Crippen molar-refractivity contribution in [1.29, 1.82) is 0 Å². The number of halogens is 2. The zero-order valence-corrected chi connectivity index (χ0v) is 18.4. The molecule has 1 aromatic heterocycles. The number of benzene rings is 2. The van der Waals surface area contributed by atoms with Crippen LogP contribution >= 0.6 is 43.2 Å². The van der Waals surface area contributed by atoms with E-state index < -0.39 is 5.91 Å². The number of anilines is 1. The van der Waals surface area contributed by atoms with E-state index in [1.807, 2.05) is 0 Å². The van der Waals surface area contributed by atoms with Crippen LogP contribution in [0.25, 0.3) is 0 Å². The molecule has 0 saturated carbocycles. The molecule has 7 nitrogen and oxygen atoms in total. The van der Waals surface area contributed by atoms with Gasteiger partial charge in [-0.05, 0) is 73.6 Å². The van der Waals surface area contributed by atoms with Gasteiger partial charge in [0.1, 0.15) is 17.7 Å². The van der Waals surface area contributed by atoms with E-state index in [9.17, 15) is 14.7 Å². The number of oxime groups is 1. The number of carbonyl (C=O) groups excluding carboxylic acids is 2. The van der Waals surface area contributed by atoms with Crippen molar-refractivity contribution in [3.8, 4) is 17.2 Å². The maximum atomic E-state index is 12.6. The fourth-order valence-electron chi connectivity index (χ4n) is 2.38. The number of nitrogens with one attached hydrogen (secondary N) is 1. The van der Waals surface area contributed by atoms with Gasteiger partial charge in [-0.15, -0.1) is 11.3 Å². The minimum Gasteiger partial charge on any atom is -0.507 e. The first kappa shape index (κ1) is 21.0. The Morgan fingerprint density at radius 2 is 1.86 bits per heavy atom. The lowest BCUT2D eigenvalue weighted by atomic mass is 10.1. The third-order valence-electron chi connectivity index (χ3n) is 3.62. The molecule has 0 radical (unpaired) electrons. The Balaban J connectivity index is 1.87. The quantitative estimate of drug-likeness (QED) is 0.168. The summed E-state index contributed by atoms with van der Waals surface area (Å²) in [7, 11) is 0. The molecule has 0 aliphatic rings. The van der Waals surface area contributed by atoms with Gasteiger partial charge in [-0.1, -0.05) is 11.2 Å². The zero-order chi connectivity index (χ0) is 21.0. The van der Waals surface area contributed by atoms with E-state index in [-0.39, 0.29) is 17.1 Å². The number of ketones is 1. The van der Waals surface area contributed by atoms with Gasteiger partial charge in [0, 0.05) is 5.69 Å². The fourth-order valence-corrected chi connectivity index (χ4v) is 4.40. The molecule has 0 spiro atoms. The molecular formula is C19H12Br2N2O5S. The Morgan fingerprint density at radius 3 is 2.48 bits per heavy atom. The number of aromatic hydroxyl groups is 1. The van der Waals surface area contributed by atoms with Crippen molar-refractivity contribution < 1.29 is 24.6 Å². The highest BCUT2D eigenvalue weighted by Crippen LogP contribution is 2.40. The number of amides is 1. The lowest BCUT2D eigenvalue weighted by Gasteiger charge is -2.13. The molecule has 0 aliphatic heterocycles. The van der Waals surface area contributed by atoms with E-state index in [1.165, 1.54) is 29.5 Å². The lowest BCUT2D eigenvalue weighted by Crippen LogP contribution is -2.12. The summed E-state index contributed by atoms with van der Waals surface area (Å²) in [6, 6.07) is 11.0. The summed E-state index contributed by atoms with van der Waals surface area (Å²) in [5.41, 5.74) is 0.560. The van der Waals surface area contributed by atoms with E-state index >= 15 is 0 Å². The summed E-state index contributed by atoms with van der Waals surface area (Å²) in [6.45, 7) is 0. The Morgan fingerprint density at radius 1 is 1.14 bits per heavy atom. The van der Waals surface area contributed by atoms with Crippen LogP contribution in [0, 0.1) is 0 Å². The minimum atomic E-state index is -0.602. The third-order valence-corrected chi connectivity index (χ3v) is 5.67. The second-order valence-electron chi connectivity index (χ2n) is 5.59. The number of carbonyl (C=O) groups is 2. The summed E-state index contributed by atoms with van der Waals surface area (Å²) >= 11 is 8.03. The normalized spacial score (nSPS) is 10.8. The van der Waals surface area contributed by atoms with Gasteiger partial charge in [0.2, 0.25) is 5.78 Å². The Hall–Kier alpha value is -2.69. The molecule has 0 atom stereocenters. The van der Waals surface area contributed by atoms with Gasteiger partial charge in [0.25, 0.3) is 5.91 Å². The van der Waals surface area contributed by atoms with Crippen molar-refractivity contribution in [1.82, 2.24) is 0 Å². The molecule has 0 aliphatic carbocycles. The molecule has 3 aromatic rings. The molecule has 3 rings (SSSR count). The van der Waals surface area contributed by atoms with Gasteiger partial charge in [-0.2, -0.15) is 0 Å². The Kier molecular flexibility index (Phi) is 6.68. The molecule has 29 heavy (non-hydrogen) atoms. The second kappa shape index (κ2) is 9.21. The summed E-state index contributed by atoms with van der Waals surface area (Å²) in [4.78, 5) is 24.6. The number of hydrogen-bond donors (Lipinski definition) is 3. The zero-order valence-electron chi connectivity index (χ0n) is 14.4. The Bertz CT molecular complexity index is 1080. The molecule has 148 valence electrons. The van der Waals surface area contributed by atoms with E-state index in [4.69, 9.17) is 9.94 Å². The molecule has 1 heterocycles. The van der Waals surface area contributed by atoms with Crippen molar-refractivity contribution in [3.05, 3.63) is 67.2 Å². The van der Waals surface area contributed by atoms with E-state index in [1.54, 1.807) is 29.6 Å². The topological polar surface area (TPSA) is 108 Å². The van der Waals surface area contributed by atoms with E-state index in [0.29, 0.717) is 31.0 Å². The molecule has 2 aromatic carbocycles. The number of ether oxygens (including phenoxy) is 1. The van der Waals surface area contributed by atoms with Crippen molar-refractivity contribution in [2.24, 2.45) is 5.16 Å². The number of nitrogens with zero attached hydrogens (tertiary/aromatic N) is 1. The van der Waals surface area contributed by atoms with Crippen LogP contribution in [-0.4, -0.2) is 28.2 Å². The minimum absolute atomic E-state index is 0.129. The maximum Gasteiger partial charge on any atom is 0.270 e. The van der Waals surface area contributed by atoms with E-state index in [2.05, 4.69) is 42.3 Å². The van der Waals surface area contributed by atoms with Gasteiger partial charge in [0.05, 0.1) is 19.4 Å². The van der Waals surface area contributed by atoms with E-state index in [0.717, 1.165) is 6.21 Å². The van der Waals surface area contributed by atoms with Crippen molar-refractivity contribution in [2.75, 3.05) is 5.32 Å². The first-order chi connectivity index (χ1) is 13.9. The summed E-state index contributed by atoms with van der Waals surface area (Å²) in [6.07, 6.45) is 0.731. The van der Waals surface area contributed by atoms with Gasteiger partial charge in [0.15, 0.2) is 5.75 Å². The standard InChI is InChI=1S/C19H12Br2N2O5S/c20-13-6-10(23-17(25)9-22-27)7-14(21)19(13)28-11-3-4-15(24)12(8-11)18(26)16-2-1-5-29-16/h1-9,24,27H,(H,23,25)/b22-9+. The van der Waals surface area contributed by atoms with Crippen molar-refractivity contribution in [2.45, 2.75) is 0 Å². The summed E-state index contributed by atoms with van der Waals surface area (Å²) in [5.74, 6) is -0.301. The van der Waals surface area contributed by atoms with Crippen LogP contribution in [0.4, 0.5) is 5.69 Å². The number of thiophene rings is 1. The van der Waals surface area contributed by atoms with Crippen LogP contribution < -0.4 is 10.1 Å².